The average molecular weight is 306 g/mol. The number of sulfonamides is 1. The molecule has 21 heavy (non-hydrogen) atoms. The van der Waals surface area contributed by atoms with Gasteiger partial charge in [0.25, 0.3) is 0 Å². The molecule has 0 unspecified atom stereocenters. The number of aliphatic hydroxyl groups excluding tert-OH is 1. The Morgan fingerprint density at radius 3 is 2.67 bits per heavy atom. The van der Waals surface area contributed by atoms with Crippen molar-refractivity contribution < 1.29 is 13.5 Å². The van der Waals surface area contributed by atoms with Gasteiger partial charge in [0.05, 0.1) is 4.90 Å². The summed E-state index contributed by atoms with van der Waals surface area (Å²) in [5.41, 5.74) is 0.643. The van der Waals surface area contributed by atoms with Crippen molar-refractivity contribution >= 4 is 10.0 Å². The molecule has 0 spiro atoms. The molecule has 0 radical (unpaired) electrons. The second kappa shape index (κ2) is 6.99. The van der Waals surface area contributed by atoms with Crippen LogP contribution in [0.4, 0.5) is 0 Å². The Morgan fingerprint density at radius 1 is 1.29 bits per heavy atom. The molecule has 8 heteroatoms. The highest BCUT2D eigenvalue weighted by Crippen LogP contribution is 2.09. The van der Waals surface area contributed by atoms with Gasteiger partial charge in [0.15, 0.2) is 0 Å². The fraction of sp³-hybridized carbons (Fsp3) is 0.231. The van der Waals surface area contributed by atoms with E-state index in [-0.39, 0.29) is 18.0 Å². The van der Waals surface area contributed by atoms with Crippen LogP contribution >= 0.6 is 0 Å². The molecular weight excluding hydrogens is 292 g/mol. The zero-order valence-electron chi connectivity index (χ0n) is 11.1. The fourth-order valence-corrected chi connectivity index (χ4v) is 2.63. The van der Waals surface area contributed by atoms with E-state index in [9.17, 15) is 8.42 Å². The molecule has 110 valence electrons. The maximum Gasteiger partial charge on any atom is 0.240 e. The molecule has 3 N–H and O–H groups in total. The number of aliphatic hydroxyl groups is 1. The monoisotopic (exact) mass is 306 g/mol. The predicted molar refractivity (Wildman–Crippen MR) is 75.7 cm³/mol. The van der Waals surface area contributed by atoms with E-state index in [0.717, 1.165) is 0 Å². The second-order valence-corrected chi connectivity index (χ2v) is 5.83. The smallest absolute Gasteiger partial charge is 0.240 e. The van der Waals surface area contributed by atoms with Gasteiger partial charge in [0.2, 0.25) is 10.0 Å². The molecule has 0 saturated carbocycles. The number of nitrogens with zero attached hydrogens (tertiary/aromatic N) is 2. The zero-order valence-corrected chi connectivity index (χ0v) is 11.9. The summed E-state index contributed by atoms with van der Waals surface area (Å²) in [5.74, 6) is 5.81. The van der Waals surface area contributed by atoms with Gasteiger partial charge in [-0.1, -0.05) is 11.8 Å². The number of hydrogen-bond acceptors (Lipinski definition) is 5. The van der Waals surface area contributed by atoms with Crippen LogP contribution < -0.4 is 4.72 Å². The predicted octanol–water partition coefficient (Wildman–Crippen LogP) is -0.331. The molecule has 0 bridgehead atoms. The van der Waals surface area contributed by atoms with Crippen LogP contribution in [0, 0.1) is 11.8 Å². The Hall–Kier alpha value is -2.21. The lowest BCUT2D eigenvalue weighted by molar-refractivity contribution is 0.350. The van der Waals surface area contributed by atoms with Crippen molar-refractivity contribution in [1.29, 1.82) is 0 Å². The topological polar surface area (TPSA) is 108 Å². The zero-order chi connectivity index (χ0) is 15.1. The van der Waals surface area contributed by atoms with Crippen molar-refractivity contribution in [3.63, 3.8) is 0 Å². The number of aromatic amines is 1. The van der Waals surface area contributed by atoms with Crippen LogP contribution in [0.3, 0.4) is 0 Å². The highest BCUT2D eigenvalue weighted by Gasteiger charge is 2.13. The minimum absolute atomic E-state index is 0.162. The molecule has 0 aliphatic carbocycles. The third-order valence-electron chi connectivity index (χ3n) is 2.60. The van der Waals surface area contributed by atoms with Crippen molar-refractivity contribution in [1.82, 2.24) is 19.9 Å². The molecule has 1 heterocycles. The van der Waals surface area contributed by atoms with Gasteiger partial charge in [-0.25, -0.2) is 18.1 Å². The summed E-state index contributed by atoms with van der Waals surface area (Å²) in [6, 6.07) is 6.12. The maximum atomic E-state index is 12.1. The summed E-state index contributed by atoms with van der Waals surface area (Å²) in [7, 11) is -3.56. The maximum absolute atomic E-state index is 12.1. The van der Waals surface area contributed by atoms with E-state index in [2.05, 4.69) is 31.7 Å². The van der Waals surface area contributed by atoms with Gasteiger partial charge >= 0.3 is 0 Å². The number of hydrogen-bond donors (Lipinski definition) is 3. The van der Waals surface area contributed by atoms with Crippen LogP contribution in [-0.2, 0) is 16.4 Å². The van der Waals surface area contributed by atoms with Crippen molar-refractivity contribution in [3.05, 3.63) is 42.0 Å². The first-order valence-corrected chi connectivity index (χ1v) is 7.64. The number of benzene rings is 1. The second-order valence-electron chi connectivity index (χ2n) is 4.06. The summed E-state index contributed by atoms with van der Waals surface area (Å²) >= 11 is 0. The number of nitrogens with one attached hydrogen (secondary N) is 2. The molecule has 1 aromatic heterocycles. The first kappa shape index (κ1) is 15.2. The van der Waals surface area contributed by atoms with E-state index in [4.69, 9.17) is 5.11 Å². The van der Waals surface area contributed by atoms with Crippen molar-refractivity contribution in [3.8, 4) is 11.8 Å². The quantitative estimate of drug-likeness (QED) is 0.656. The van der Waals surface area contributed by atoms with Crippen molar-refractivity contribution in [2.75, 3.05) is 13.2 Å². The van der Waals surface area contributed by atoms with E-state index >= 15 is 0 Å². The molecule has 1 aromatic carbocycles. The molecule has 0 aliphatic rings. The summed E-state index contributed by atoms with van der Waals surface area (Å²) in [5, 5.41) is 14.9. The third kappa shape index (κ3) is 4.39. The van der Waals surface area contributed by atoms with Gasteiger partial charge in [-0.3, -0.25) is 5.10 Å². The molecule has 0 amide bonds. The molecule has 0 fully saturated rings. The summed E-state index contributed by atoms with van der Waals surface area (Å²) in [6.07, 6.45) is 1.80. The van der Waals surface area contributed by atoms with Gasteiger partial charge in [-0.05, 0) is 24.3 Å². The number of H-pyrrole nitrogens is 1. The van der Waals surface area contributed by atoms with Crippen LogP contribution in [0.2, 0.25) is 0 Å². The normalized spacial score (nSPS) is 10.9. The third-order valence-corrected chi connectivity index (χ3v) is 4.07. The first-order valence-electron chi connectivity index (χ1n) is 6.15. The van der Waals surface area contributed by atoms with Crippen LogP contribution in [0.25, 0.3) is 0 Å². The van der Waals surface area contributed by atoms with Gasteiger partial charge < -0.3 is 5.11 Å². The van der Waals surface area contributed by atoms with E-state index in [1.165, 1.54) is 18.5 Å². The summed E-state index contributed by atoms with van der Waals surface area (Å²) < 4.78 is 26.6. The largest absolute Gasteiger partial charge is 0.384 e. The van der Waals surface area contributed by atoms with Gasteiger partial charge in [0, 0.05) is 18.5 Å². The lowest BCUT2D eigenvalue weighted by Crippen LogP contribution is -2.26. The van der Waals surface area contributed by atoms with Gasteiger partial charge in [-0.2, -0.15) is 5.10 Å². The lowest BCUT2D eigenvalue weighted by Gasteiger charge is -2.05. The highest BCUT2D eigenvalue weighted by molar-refractivity contribution is 7.89. The minimum atomic E-state index is -3.56. The first-order chi connectivity index (χ1) is 10.1. The van der Waals surface area contributed by atoms with Gasteiger partial charge in [-0.15, -0.1) is 0 Å². The summed E-state index contributed by atoms with van der Waals surface area (Å²) in [6.45, 7) is -0.00711. The Labute approximate surface area is 122 Å². The Morgan fingerprint density at radius 2 is 2.05 bits per heavy atom. The molecule has 2 rings (SSSR count). The standard InChI is InChI=1S/C13H14N4O3S/c18-9-1-2-11-3-5-12(6-4-11)21(19,20)16-8-7-13-14-10-15-17-13/h3-6,10,16,18H,7-9H2,(H,14,15,17). The van der Waals surface area contributed by atoms with E-state index in [1.807, 2.05) is 0 Å². The summed E-state index contributed by atoms with van der Waals surface area (Å²) in [4.78, 5) is 4.07. The fourth-order valence-electron chi connectivity index (χ4n) is 1.60. The van der Waals surface area contributed by atoms with Crippen LogP contribution in [-0.4, -0.2) is 41.9 Å². The van der Waals surface area contributed by atoms with Crippen molar-refractivity contribution in [2.45, 2.75) is 11.3 Å². The van der Waals surface area contributed by atoms with Crippen LogP contribution in [0.5, 0.6) is 0 Å². The molecule has 0 aliphatic heterocycles. The minimum Gasteiger partial charge on any atom is -0.384 e. The molecular formula is C13H14N4O3S. The highest BCUT2D eigenvalue weighted by atomic mass is 32.2. The average Bonchev–Trinajstić information content (AvgIpc) is 2.98. The molecule has 2 aromatic rings. The Bertz CT molecular complexity index is 728. The van der Waals surface area contributed by atoms with Gasteiger partial charge in [0.1, 0.15) is 18.8 Å². The molecule has 0 saturated heterocycles. The van der Waals surface area contributed by atoms with E-state index in [0.29, 0.717) is 17.8 Å². The molecule has 7 nitrogen and oxygen atoms in total. The Kier molecular flexibility index (Phi) is 5.05. The Balaban J connectivity index is 1.98. The lowest BCUT2D eigenvalue weighted by atomic mass is 10.2. The number of aromatic nitrogens is 3. The van der Waals surface area contributed by atoms with E-state index < -0.39 is 10.0 Å². The molecule has 0 atom stereocenters. The van der Waals surface area contributed by atoms with E-state index in [1.54, 1.807) is 12.1 Å². The SMILES string of the molecule is O=S(=O)(NCCc1ncn[nH]1)c1ccc(C#CCO)cc1. The number of rotatable bonds is 5. The van der Waals surface area contributed by atoms with Crippen molar-refractivity contribution in [2.24, 2.45) is 0 Å². The van der Waals surface area contributed by atoms with Crippen LogP contribution in [0.1, 0.15) is 11.4 Å². The van der Waals surface area contributed by atoms with Crippen LogP contribution in [0.15, 0.2) is 35.5 Å².